The van der Waals surface area contributed by atoms with E-state index in [0.717, 1.165) is 56.4 Å². The van der Waals surface area contributed by atoms with Gasteiger partial charge < -0.3 is 25.4 Å². The van der Waals surface area contributed by atoms with Crippen molar-refractivity contribution >= 4 is 35.8 Å². The highest BCUT2D eigenvalue weighted by Crippen LogP contribution is 2.18. The Bertz CT molecular complexity index is 651. The normalized spacial score (nSPS) is 15.1. The minimum atomic E-state index is 0. The Balaban J connectivity index is 0.00000450. The number of nitrogens with zero attached hydrogens (tertiary/aromatic N) is 2. The number of likely N-dealkylation sites (tertiary alicyclic amines) is 1. The number of piperidine rings is 1. The fourth-order valence-electron chi connectivity index (χ4n) is 3.17. The molecule has 3 N–H and O–H groups in total. The Morgan fingerprint density at radius 1 is 1.27 bits per heavy atom. The largest absolute Gasteiger partial charge is 0.497 e. The lowest BCUT2D eigenvalue weighted by molar-refractivity contribution is -0.122. The molecule has 0 bridgehead atoms. The van der Waals surface area contributed by atoms with E-state index in [1.165, 1.54) is 0 Å². The van der Waals surface area contributed by atoms with Crippen molar-refractivity contribution in [2.45, 2.75) is 32.2 Å². The van der Waals surface area contributed by atoms with Gasteiger partial charge in [0.05, 0.1) is 20.3 Å². The van der Waals surface area contributed by atoms with E-state index in [2.05, 4.69) is 32.8 Å². The summed E-state index contributed by atoms with van der Waals surface area (Å²) in [7, 11) is 3.33. The maximum Gasteiger partial charge on any atom is 0.233 e. The number of hydrogen-bond donors (Lipinski definition) is 3. The first kappa shape index (κ1) is 26.3. The first-order chi connectivity index (χ1) is 14.1. The highest BCUT2D eigenvalue weighted by molar-refractivity contribution is 14.0. The van der Waals surface area contributed by atoms with Crippen molar-refractivity contribution < 1.29 is 14.3 Å². The van der Waals surface area contributed by atoms with Gasteiger partial charge in [-0.15, -0.1) is 24.0 Å². The van der Waals surface area contributed by atoms with Crippen LogP contribution in [-0.4, -0.2) is 76.3 Å². The molecule has 1 aliphatic heterocycles. The molecule has 30 heavy (non-hydrogen) atoms. The third kappa shape index (κ3) is 9.84. The van der Waals surface area contributed by atoms with Crippen LogP contribution in [0.2, 0.25) is 0 Å². The summed E-state index contributed by atoms with van der Waals surface area (Å²) in [5, 5.41) is 9.51. The summed E-state index contributed by atoms with van der Waals surface area (Å²) in [6.07, 6.45) is 2.83. The summed E-state index contributed by atoms with van der Waals surface area (Å²) in [5.41, 5.74) is 0. The van der Waals surface area contributed by atoms with Gasteiger partial charge in [0.1, 0.15) is 11.5 Å². The molecule has 1 saturated heterocycles. The van der Waals surface area contributed by atoms with E-state index in [1.54, 1.807) is 14.2 Å². The van der Waals surface area contributed by atoms with E-state index >= 15 is 0 Å². The Labute approximate surface area is 197 Å². The quantitative estimate of drug-likeness (QED) is 0.184. The predicted octanol–water partition coefficient (Wildman–Crippen LogP) is 1.85. The number of halogens is 1. The maximum absolute atomic E-state index is 11.5. The van der Waals surface area contributed by atoms with Gasteiger partial charge in [0.15, 0.2) is 5.96 Å². The van der Waals surface area contributed by atoms with E-state index in [0.29, 0.717) is 25.7 Å². The summed E-state index contributed by atoms with van der Waals surface area (Å²) < 4.78 is 11.0. The minimum Gasteiger partial charge on any atom is -0.497 e. The number of nitrogens with one attached hydrogen (secondary N) is 3. The summed E-state index contributed by atoms with van der Waals surface area (Å²) in [6, 6.07) is 8.00. The lowest BCUT2D eigenvalue weighted by Gasteiger charge is -2.32. The van der Waals surface area contributed by atoms with Crippen LogP contribution in [-0.2, 0) is 4.79 Å². The van der Waals surface area contributed by atoms with Gasteiger partial charge >= 0.3 is 0 Å². The molecular formula is C21H36IN5O3. The van der Waals surface area contributed by atoms with E-state index < -0.39 is 0 Å². The van der Waals surface area contributed by atoms with Gasteiger partial charge in [-0.1, -0.05) is 6.07 Å². The molecule has 0 radical (unpaired) electrons. The Morgan fingerprint density at radius 2 is 2.00 bits per heavy atom. The third-order valence-corrected chi connectivity index (χ3v) is 4.80. The molecule has 0 unspecified atom stereocenters. The Hall–Kier alpha value is -1.75. The van der Waals surface area contributed by atoms with Crippen LogP contribution in [0.3, 0.4) is 0 Å². The number of rotatable bonds is 10. The second kappa shape index (κ2) is 15.1. The number of likely N-dealkylation sites (N-methyl/N-ethyl adjacent to an activating group) is 1. The van der Waals surface area contributed by atoms with Crippen molar-refractivity contribution in [3.8, 4) is 11.5 Å². The van der Waals surface area contributed by atoms with Crippen LogP contribution in [0.1, 0.15) is 26.2 Å². The molecule has 0 atom stereocenters. The number of amides is 1. The summed E-state index contributed by atoms with van der Waals surface area (Å²) in [4.78, 5) is 18.4. The molecule has 0 saturated carbocycles. The molecule has 1 heterocycles. The van der Waals surface area contributed by atoms with Crippen LogP contribution in [0.5, 0.6) is 11.5 Å². The number of carbonyl (C=O) groups is 1. The van der Waals surface area contributed by atoms with Crippen LogP contribution in [0.25, 0.3) is 0 Å². The topological polar surface area (TPSA) is 87.2 Å². The Morgan fingerprint density at radius 3 is 2.67 bits per heavy atom. The first-order valence-electron chi connectivity index (χ1n) is 10.4. The lowest BCUT2D eigenvalue weighted by atomic mass is 10.1. The molecule has 1 aliphatic rings. The maximum atomic E-state index is 11.5. The predicted molar refractivity (Wildman–Crippen MR) is 131 cm³/mol. The van der Waals surface area contributed by atoms with Crippen molar-refractivity contribution in [1.82, 2.24) is 20.9 Å². The van der Waals surface area contributed by atoms with Crippen molar-refractivity contribution in [3.63, 3.8) is 0 Å². The van der Waals surface area contributed by atoms with Crippen LogP contribution in [0.15, 0.2) is 29.3 Å². The minimum absolute atomic E-state index is 0. The molecule has 8 nitrogen and oxygen atoms in total. The van der Waals surface area contributed by atoms with Crippen LogP contribution in [0, 0.1) is 0 Å². The number of guanidine groups is 1. The summed E-state index contributed by atoms with van der Waals surface area (Å²) in [5.74, 6) is 2.52. The fourth-order valence-corrected chi connectivity index (χ4v) is 3.17. The molecule has 1 aromatic rings. The van der Waals surface area contributed by atoms with Gasteiger partial charge in [-0.3, -0.25) is 14.7 Å². The zero-order valence-electron chi connectivity index (χ0n) is 18.3. The molecule has 170 valence electrons. The van der Waals surface area contributed by atoms with Crippen LogP contribution < -0.4 is 25.4 Å². The van der Waals surface area contributed by atoms with E-state index in [1.807, 2.05) is 24.3 Å². The number of carbonyl (C=O) groups excluding carboxylic acids is 1. The SMILES string of the molecule is CCNC(=NCCCOc1cccc(OC)c1)NC1CCN(CC(=O)NC)CC1.I. The molecule has 0 aliphatic carbocycles. The van der Waals surface area contributed by atoms with Crippen molar-refractivity contribution in [2.75, 3.05) is 53.5 Å². The summed E-state index contributed by atoms with van der Waals surface area (Å²) >= 11 is 0. The van der Waals surface area contributed by atoms with Gasteiger partial charge in [0, 0.05) is 51.8 Å². The average molecular weight is 533 g/mol. The van der Waals surface area contributed by atoms with Gasteiger partial charge in [-0.25, -0.2) is 0 Å². The molecule has 0 spiro atoms. The summed E-state index contributed by atoms with van der Waals surface area (Å²) in [6.45, 7) is 6.49. The van der Waals surface area contributed by atoms with E-state index in [9.17, 15) is 4.79 Å². The number of benzene rings is 1. The molecule has 0 aromatic heterocycles. The zero-order valence-corrected chi connectivity index (χ0v) is 20.6. The van der Waals surface area contributed by atoms with Gasteiger partial charge in [-0.05, 0) is 31.9 Å². The Kier molecular flexibility index (Phi) is 13.2. The van der Waals surface area contributed by atoms with Crippen LogP contribution in [0.4, 0.5) is 0 Å². The second-order valence-corrected chi connectivity index (χ2v) is 7.01. The number of ether oxygens (including phenoxy) is 2. The number of aliphatic imine (C=N–C) groups is 1. The second-order valence-electron chi connectivity index (χ2n) is 7.01. The first-order valence-corrected chi connectivity index (χ1v) is 10.4. The third-order valence-electron chi connectivity index (χ3n) is 4.80. The molecular weight excluding hydrogens is 497 g/mol. The van der Waals surface area contributed by atoms with Crippen molar-refractivity contribution in [1.29, 1.82) is 0 Å². The number of methoxy groups -OCH3 is 1. The standard InChI is InChI=1S/C21H35N5O3.HI/c1-4-23-21(25-17-9-12-26(13-10-17)16-20(27)22-2)24-11-6-14-29-19-8-5-7-18(15-19)28-3;/h5,7-8,15,17H,4,6,9-14,16H2,1-3H3,(H,22,27)(H2,23,24,25);1H. The van der Waals surface area contributed by atoms with Gasteiger partial charge in [-0.2, -0.15) is 0 Å². The number of hydrogen-bond acceptors (Lipinski definition) is 5. The van der Waals surface area contributed by atoms with Crippen molar-refractivity contribution in [2.24, 2.45) is 4.99 Å². The molecule has 1 aromatic carbocycles. The smallest absolute Gasteiger partial charge is 0.233 e. The van der Waals surface area contributed by atoms with Gasteiger partial charge in [0.25, 0.3) is 0 Å². The fraction of sp³-hybridized carbons (Fsp3) is 0.619. The van der Waals surface area contributed by atoms with Gasteiger partial charge in [0.2, 0.25) is 5.91 Å². The monoisotopic (exact) mass is 533 g/mol. The average Bonchev–Trinajstić information content (AvgIpc) is 2.75. The highest BCUT2D eigenvalue weighted by atomic mass is 127. The molecule has 2 rings (SSSR count). The highest BCUT2D eigenvalue weighted by Gasteiger charge is 2.21. The van der Waals surface area contributed by atoms with Crippen molar-refractivity contribution in [3.05, 3.63) is 24.3 Å². The lowest BCUT2D eigenvalue weighted by Crippen LogP contribution is -2.50. The van der Waals surface area contributed by atoms with E-state index in [-0.39, 0.29) is 29.9 Å². The van der Waals surface area contributed by atoms with Crippen LogP contribution >= 0.6 is 24.0 Å². The molecule has 1 amide bonds. The van der Waals surface area contributed by atoms with E-state index in [4.69, 9.17) is 9.47 Å². The zero-order chi connectivity index (χ0) is 20.9. The molecule has 9 heteroatoms. The molecule has 1 fully saturated rings.